The van der Waals surface area contributed by atoms with Crippen LogP contribution in [0.15, 0.2) is 54.6 Å². The largest absolute Gasteiger partial charge is 0.496 e. The summed E-state index contributed by atoms with van der Waals surface area (Å²) in [5.41, 5.74) is 7.57. The van der Waals surface area contributed by atoms with Gasteiger partial charge in [0.2, 0.25) is 11.8 Å². The summed E-state index contributed by atoms with van der Waals surface area (Å²) < 4.78 is 7.10. The summed E-state index contributed by atoms with van der Waals surface area (Å²) in [4.78, 5) is 38.2. The third-order valence-electron chi connectivity index (χ3n) is 6.63. The maximum Gasteiger partial charge on any atom is 0.265 e. The van der Waals surface area contributed by atoms with Crippen LogP contribution in [-0.4, -0.2) is 42.0 Å². The maximum atomic E-state index is 13.7. The number of nitrogens with zero attached hydrogens (tertiary/aromatic N) is 2. The van der Waals surface area contributed by atoms with Crippen molar-refractivity contribution in [3.63, 3.8) is 0 Å². The van der Waals surface area contributed by atoms with Gasteiger partial charge in [0, 0.05) is 17.8 Å². The maximum absolute atomic E-state index is 13.7. The summed E-state index contributed by atoms with van der Waals surface area (Å²) in [7, 11) is 1.53. The number of rotatable bonds is 10. The van der Waals surface area contributed by atoms with Crippen LogP contribution in [0.2, 0.25) is 0 Å². The zero-order chi connectivity index (χ0) is 25.7. The lowest BCUT2D eigenvalue weighted by atomic mass is 9.98. The molecule has 0 aliphatic carbocycles. The molecule has 186 valence electrons. The Balaban J connectivity index is 1.71. The molecule has 1 fully saturated rings. The molecule has 3 atom stereocenters. The number of hydrogen-bond donors (Lipinski definition) is 3. The second-order valence-corrected chi connectivity index (χ2v) is 8.90. The van der Waals surface area contributed by atoms with Gasteiger partial charge in [0.25, 0.3) is 5.91 Å². The number of fused-ring (bicyclic) bond motifs is 1. The fraction of sp³-hybridized carbons (Fsp3) is 0.333. The Morgan fingerprint density at radius 1 is 1.25 bits per heavy atom. The standard InChI is InChI=1S/C27H29N5O4/c1-36-24-9-5-8-21-20(24)15-23(25(29)33)32(21)22(11-10-17-6-3-2-4-7-17)27(35)31-19(16-28)14-18-12-13-30-26(18)34/h2-9,15,18-19,22H,10-14H2,1H3,(H2,29,33)(H,30,34)(H,31,35)/t18-,19-,22-/m0/s1. The van der Waals surface area contributed by atoms with E-state index in [2.05, 4.69) is 16.7 Å². The van der Waals surface area contributed by atoms with Crippen LogP contribution in [0.4, 0.5) is 0 Å². The molecule has 1 aliphatic heterocycles. The minimum absolute atomic E-state index is 0.107. The zero-order valence-electron chi connectivity index (χ0n) is 20.1. The highest BCUT2D eigenvalue weighted by Crippen LogP contribution is 2.33. The van der Waals surface area contributed by atoms with Gasteiger partial charge in [-0.25, -0.2) is 0 Å². The van der Waals surface area contributed by atoms with Crippen LogP contribution in [0.5, 0.6) is 5.75 Å². The molecule has 0 bridgehead atoms. The van der Waals surface area contributed by atoms with Crippen molar-refractivity contribution in [2.45, 2.75) is 37.8 Å². The molecule has 1 aromatic heterocycles. The van der Waals surface area contributed by atoms with Gasteiger partial charge < -0.3 is 25.7 Å². The van der Waals surface area contributed by atoms with Gasteiger partial charge in [-0.3, -0.25) is 14.4 Å². The SMILES string of the molecule is COc1cccc2c1cc(C(N)=O)n2[C@@H](CCc1ccccc1)C(=O)N[C@H](C#N)C[C@@H]1CCNC1=O. The van der Waals surface area contributed by atoms with E-state index in [1.807, 2.05) is 30.3 Å². The molecule has 9 heteroatoms. The summed E-state index contributed by atoms with van der Waals surface area (Å²) >= 11 is 0. The summed E-state index contributed by atoms with van der Waals surface area (Å²) in [6, 6.07) is 17.1. The lowest BCUT2D eigenvalue weighted by Gasteiger charge is -2.24. The number of hydrogen-bond acceptors (Lipinski definition) is 5. The molecule has 2 aromatic carbocycles. The van der Waals surface area contributed by atoms with Crippen LogP contribution in [-0.2, 0) is 16.0 Å². The lowest BCUT2D eigenvalue weighted by Crippen LogP contribution is -2.41. The molecule has 4 N–H and O–H groups in total. The fourth-order valence-electron chi connectivity index (χ4n) is 4.82. The van der Waals surface area contributed by atoms with Crippen molar-refractivity contribution in [1.82, 2.24) is 15.2 Å². The topological polar surface area (TPSA) is 139 Å². The number of nitrogens with one attached hydrogen (secondary N) is 2. The van der Waals surface area contributed by atoms with E-state index in [4.69, 9.17) is 10.5 Å². The van der Waals surface area contributed by atoms with Gasteiger partial charge in [-0.15, -0.1) is 0 Å². The van der Waals surface area contributed by atoms with E-state index in [9.17, 15) is 19.6 Å². The first-order valence-corrected chi connectivity index (χ1v) is 11.9. The van der Waals surface area contributed by atoms with Crippen LogP contribution < -0.4 is 21.1 Å². The fourth-order valence-corrected chi connectivity index (χ4v) is 4.82. The predicted octanol–water partition coefficient (Wildman–Crippen LogP) is 2.46. The van der Waals surface area contributed by atoms with Crippen LogP contribution >= 0.6 is 0 Å². The molecular weight excluding hydrogens is 458 g/mol. The lowest BCUT2D eigenvalue weighted by molar-refractivity contribution is -0.126. The van der Waals surface area contributed by atoms with Gasteiger partial charge in [-0.1, -0.05) is 36.4 Å². The van der Waals surface area contributed by atoms with E-state index in [-0.39, 0.29) is 23.9 Å². The summed E-state index contributed by atoms with van der Waals surface area (Å²) in [5.74, 6) is -0.970. The molecular formula is C27H29N5O4. The molecule has 3 aromatic rings. The Kier molecular flexibility index (Phi) is 7.54. The number of nitriles is 1. The molecule has 2 heterocycles. The second kappa shape index (κ2) is 11.0. The van der Waals surface area contributed by atoms with Gasteiger partial charge in [-0.2, -0.15) is 5.26 Å². The Hall–Kier alpha value is -4.32. The average molecular weight is 488 g/mol. The van der Waals surface area contributed by atoms with Crippen LogP contribution in [0.3, 0.4) is 0 Å². The summed E-state index contributed by atoms with van der Waals surface area (Å²) in [6.07, 6.45) is 1.77. The number of nitrogens with two attached hydrogens (primary N) is 1. The van der Waals surface area contributed by atoms with E-state index in [1.165, 1.54) is 7.11 Å². The third-order valence-corrected chi connectivity index (χ3v) is 6.63. The second-order valence-electron chi connectivity index (χ2n) is 8.90. The van der Waals surface area contributed by atoms with Crippen LogP contribution in [0.1, 0.15) is 41.4 Å². The predicted molar refractivity (Wildman–Crippen MR) is 134 cm³/mol. The average Bonchev–Trinajstić information content (AvgIpc) is 3.47. The number of carbonyl (C=O) groups is 3. The van der Waals surface area contributed by atoms with Crippen molar-refractivity contribution in [1.29, 1.82) is 5.26 Å². The molecule has 0 unspecified atom stereocenters. The molecule has 1 aliphatic rings. The number of benzene rings is 2. The van der Waals surface area contributed by atoms with Crippen LogP contribution in [0, 0.1) is 17.2 Å². The molecule has 1 saturated heterocycles. The minimum atomic E-state index is -0.848. The summed E-state index contributed by atoms with van der Waals surface area (Å²) in [5, 5.41) is 16.0. The number of methoxy groups -OCH3 is 1. The highest BCUT2D eigenvalue weighted by molar-refractivity contribution is 6.01. The first-order chi connectivity index (χ1) is 17.4. The number of aromatic nitrogens is 1. The molecule has 0 saturated carbocycles. The summed E-state index contributed by atoms with van der Waals surface area (Å²) in [6.45, 7) is 0.564. The van der Waals surface area contributed by atoms with Gasteiger partial charge in [-0.05, 0) is 49.4 Å². The van der Waals surface area contributed by atoms with Gasteiger partial charge in [0.05, 0.1) is 18.7 Å². The minimum Gasteiger partial charge on any atom is -0.496 e. The first-order valence-electron chi connectivity index (χ1n) is 11.9. The first kappa shape index (κ1) is 24.8. The van der Waals surface area contributed by atoms with E-state index in [1.54, 1.807) is 28.8 Å². The molecule has 4 rings (SSSR count). The van der Waals surface area contributed by atoms with Crippen LogP contribution in [0.25, 0.3) is 10.9 Å². The molecule has 0 radical (unpaired) electrons. The van der Waals surface area contributed by atoms with Gasteiger partial charge >= 0.3 is 0 Å². The monoisotopic (exact) mass is 487 g/mol. The van der Waals surface area contributed by atoms with Crippen molar-refractivity contribution >= 4 is 28.6 Å². The highest BCUT2D eigenvalue weighted by Gasteiger charge is 2.31. The quantitative estimate of drug-likeness (QED) is 0.403. The zero-order valence-corrected chi connectivity index (χ0v) is 20.1. The number of ether oxygens (including phenoxy) is 1. The van der Waals surface area contributed by atoms with Crippen molar-refractivity contribution in [3.05, 3.63) is 65.9 Å². The normalized spacial score (nSPS) is 16.7. The molecule has 36 heavy (non-hydrogen) atoms. The Bertz CT molecular complexity index is 1310. The Morgan fingerprint density at radius 2 is 2.03 bits per heavy atom. The van der Waals surface area contributed by atoms with E-state index in [0.29, 0.717) is 42.5 Å². The van der Waals surface area contributed by atoms with E-state index in [0.717, 1.165) is 5.56 Å². The molecule has 3 amide bonds. The number of aryl methyl sites for hydroxylation is 1. The molecule has 9 nitrogen and oxygen atoms in total. The number of amides is 3. The van der Waals surface area contributed by atoms with Gasteiger partial charge in [0.1, 0.15) is 23.5 Å². The van der Waals surface area contributed by atoms with Crippen molar-refractivity contribution in [2.75, 3.05) is 13.7 Å². The molecule has 0 spiro atoms. The number of carbonyl (C=O) groups excluding carboxylic acids is 3. The smallest absolute Gasteiger partial charge is 0.265 e. The van der Waals surface area contributed by atoms with Crippen molar-refractivity contribution < 1.29 is 19.1 Å². The highest BCUT2D eigenvalue weighted by atomic mass is 16.5. The number of primary amides is 1. The van der Waals surface area contributed by atoms with E-state index >= 15 is 0 Å². The Labute approximate surface area is 209 Å². The van der Waals surface area contributed by atoms with Crippen molar-refractivity contribution in [2.24, 2.45) is 11.7 Å². The third kappa shape index (κ3) is 5.18. The van der Waals surface area contributed by atoms with Crippen molar-refractivity contribution in [3.8, 4) is 11.8 Å². The Morgan fingerprint density at radius 3 is 2.67 bits per heavy atom. The van der Waals surface area contributed by atoms with E-state index < -0.39 is 23.9 Å². The van der Waals surface area contributed by atoms with Gasteiger partial charge in [0.15, 0.2) is 0 Å².